The highest BCUT2D eigenvalue weighted by Crippen LogP contribution is 2.43. The Morgan fingerprint density at radius 1 is 1.35 bits per heavy atom. The maximum atomic E-state index is 12.1. The maximum absolute atomic E-state index is 12.1. The van der Waals surface area contributed by atoms with E-state index in [-0.39, 0.29) is 23.7 Å². The first kappa shape index (κ1) is 10.5. The number of imide groups is 1. The second kappa shape index (κ2) is 3.68. The third-order valence-electron chi connectivity index (χ3n) is 3.85. The largest absolute Gasteiger partial charge is 0.281 e. The van der Waals surface area contributed by atoms with E-state index in [1.165, 1.54) is 4.90 Å². The van der Waals surface area contributed by atoms with Crippen LogP contribution in [0.25, 0.3) is 0 Å². The molecule has 0 aromatic carbocycles. The van der Waals surface area contributed by atoms with Gasteiger partial charge in [0.25, 0.3) is 0 Å². The van der Waals surface area contributed by atoms with E-state index in [1.54, 1.807) is 12.3 Å². The Morgan fingerprint density at radius 3 is 2.53 bits per heavy atom. The van der Waals surface area contributed by atoms with E-state index in [2.05, 4.69) is 17.1 Å². The predicted molar refractivity (Wildman–Crippen MR) is 59.5 cm³/mol. The summed E-state index contributed by atoms with van der Waals surface area (Å²) in [5.41, 5.74) is 0.805. The van der Waals surface area contributed by atoms with Crippen LogP contribution < -0.4 is 0 Å². The molecule has 1 N–H and O–H groups in total. The molecule has 17 heavy (non-hydrogen) atoms. The summed E-state index contributed by atoms with van der Waals surface area (Å²) in [5.74, 6) is 0.353. The molecule has 1 aliphatic heterocycles. The first-order valence-corrected chi connectivity index (χ1v) is 6.00. The molecule has 0 bridgehead atoms. The lowest BCUT2D eigenvalue weighted by Gasteiger charge is -2.15. The Bertz CT molecular complexity index is 430. The summed E-state index contributed by atoms with van der Waals surface area (Å²) in [5, 5.41) is 6.61. The van der Waals surface area contributed by atoms with Crippen molar-refractivity contribution in [3.05, 3.63) is 18.0 Å². The van der Waals surface area contributed by atoms with Crippen molar-refractivity contribution < 1.29 is 9.59 Å². The van der Waals surface area contributed by atoms with Gasteiger partial charge in [-0.3, -0.25) is 19.6 Å². The smallest absolute Gasteiger partial charge is 0.233 e. The number of carbonyl (C=O) groups is 2. The number of amides is 2. The highest BCUT2D eigenvalue weighted by Gasteiger charge is 2.51. The van der Waals surface area contributed by atoms with E-state index in [4.69, 9.17) is 0 Å². The summed E-state index contributed by atoms with van der Waals surface area (Å²) in [6, 6.07) is 1.79. The van der Waals surface area contributed by atoms with E-state index in [0.29, 0.717) is 12.5 Å². The van der Waals surface area contributed by atoms with Crippen LogP contribution >= 0.6 is 0 Å². The zero-order chi connectivity index (χ0) is 12.0. The normalized spacial score (nSPS) is 32.3. The lowest BCUT2D eigenvalue weighted by molar-refractivity contribution is -0.141. The van der Waals surface area contributed by atoms with Gasteiger partial charge in [-0.1, -0.05) is 6.92 Å². The average Bonchev–Trinajstić information content (AvgIpc) is 2.96. The first-order valence-electron chi connectivity index (χ1n) is 6.00. The number of aromatic amines is 1. The molecule has 5 nitrogen and oxygen atoms in total. The molecule has 5 heteroatoms. The van der Waals surface area contributed by atoms with Gasteiger partial charge in [-0.15, -0.1) is 0 Å². The van der Waals surface area contributed by atoms with Crippen LogP contribution in [0.4, 0.5) is 0 Å². The third-order valence-corrected chi connectivity index (χ3v) is 3.85. The zero-order valence-electron chi connectivity index (χ0n) is 9.72. The maximum Gasteiger partial charge on any atom is 0.233 e. The predicted octanol–water partition coefficient (Wildman–Crippen LogP) is 0.941. The van der Waals surface area contributed by atoms with Crippen LogP contribution in [0.3, 0.4) is 0 Å². The molecule has 90 valence electrons. The van der Waals surface area contributed by atoms with E-state index < -0.39 is 0 Å². The SMILES string of the molecule is CC1CC2C(=O)N(Cc3ccn[nH]3)C(=O)C2C1. The molecule has 2 heterocycles. The number of carbonyl (C=O) groups excluding carboxylic acids is 2. The Hall–Kier alpha value is -1.65. The fourth-order valence-corrected chi connectivity index (χ4v) is 3.05. The minimum absolute atomic E-state index is 0.000972. The van der Waals surface area contributed by atoms with Crippen molar-refractivity contribution in [2.45, 2.75) is 26.3 Å². The summed E-state index contributed by atoms with van der Waals surface area (Å²) >= 11 is 0. The van der Waals surface area contributed by atoms with Crippen LogP contribution in [-0.4, -0.2) is 26.9 Å². The summed E-state index contributed by atoms with van der Waals surface area (Å²) in [6.07, 6.45) is 3.34. The highest BCUT2D eigenvalue weighted by atomic mass is 16.2. The molecule has 2 fully saturated rings. The molecular weight excluding hydrogens is 218 g/mol. The van der Waals surface area contributed by atoms with Crippen LogP contribution in [0.1, 0.15) is 25.5 Å². The molecule has 2 atom stereocenters. The number of hydrogen-bond acceptors (Lipinski definition) is 3. The summed E-state index contributed by atoms with van der Waals surface area (Å²) in [7, 11) is 0. The standard InChI is InChI=1S/C12H15N3O2/c1-7-4-9-10(5-7)12(17)15(11(9)16)6-8-2-3-13-14-8/h2-3,7,9-10H,4-6H2,1H3,(H,13,14). The van der Waals surface area contributed by atoms with Crippen LogP contribution in [0.5, 0.6) is 0 Å². The lowest BCUT2D eigenvalue weighted by Crippen LogP contribution is -2.31. The zero-order valence-corrected chi connectivity index (χ0v) is 9.72. The lowest BCUT2D eigenvalue weighted by atomic mass is 10.00. The van der Waals surface area contributed by atoms with Crippen molar-refractivity contribution in [3.8, 4) is 0 Å². The number of fused-ring (bicyclic) bond motifs is 1. The number of H-pyrrole nitrogens is 1. The molecule has 0 radical (unpaired) electrons. The van der Waals surface area contributed by atoms with Crippen LogP contribution in [0, 0.1) is 17.8 Å². The summed E-state index contributed by atoms with van der Waals surface area (Å²) in [6.45, 7) is 2.44. The number of rotatable bonds is 2. The Labute approximate surface area is 99.2 Å². The second-order valence-corrected chi connectivity index (χ2v) is 5.13. The van der Waals surface area contributed by atoms with Crippen LogP contribution in [0.15, 0.2) is 12.3 Å². The van der Waals surface area contributed by atoms with Crippen molar-refractivity contribution in [2.75, 3.05) is 0 Å². The first-order chi connectivity index (χ1) is 8.16. The topological polar surface area (TPSA) is 66.1 Å². The molecule has 0 spiro atoms. The third kappa shape index (κ3) is 1.57. The molecule has 1 saturated carbocycles. The van der Waals surface area contributed by atoms with Gasteiger partial charge in [0.05, 0.1) is 24.1 Å². The molecule has 2 unspecified atom stereocenters. The van der Waals surface area contributed by atoms with Crippen molar-refractivity contribution in [2.24, 2.45) is 17.8 Å². The number of aromatic nitrogens is 2. The van der Waals surface area contributed by atoms with Gasteiger partial charge < -0.3 is 0 Å². The molecule has 1 aliphatic carbocycles. The molecule has 1 aromatic rings. The van der Waals surface area contributed by atoms with Gasteiger partial charge in [-0.2, -0.15) is 5.10 Å². The molecular formula is C12H15N3O2. The molecule has 2 aliphatic rings. The van der Waals surface area contributed by atoms with Gasteiger partial charge in [0.15, 0.2) is 0 Å². The van der Waals surface area contributed by atoms with Gasteiger partial charge in [0.2, 0.25) is 11.8 Å². The van der Waals surface area contributed by atoms with Gasteiger partial charge in [0, 0.05) is 6.20 Å². The van der Waals surface area contributed by atoms with E-state index in [1.807, 2.05) is 0 Å². The van der Waals surface area contributed by atoms with Crippen LogP contribution in [0.2, 0.25) is 0 Å². The van der Waals surface area contributed by atoms with Gasteiger partial charge in [-0.05, 0) is 24.8 Å². The van der Waals surface area contributed by atoms with Crippen LogP contribution in [-0.2, 0) is 16.1 Å². The van der Waals surface area contributed by atoms with E-state index in [0.717, 1.165) is 18.5 Å². The Balaban J connectivity index is 1.80. The molecule has 2 amide bonds. The number of hydrogen-bond donors (Lipinski definition) is 1. The summed E-state index contributed by atoms with van der Waals surface area (Å²) in [4.78, 5) is 25.7. The van der Waals surface area contributed by atoms with Gasteiger partial charge >= 0.3 is 0 Å². The minimum Gasteiger partial charge on any atom is -0.281 e. The number of nitrogens with zero attached hydrogens (tertiary/aromatic N) is 2. The molecule has 3 rings (SSSR count). The monoisotopic (exact) mass is 233 g/mol. The molecule has 1 saturated heterocycles. The second-order valence-electron chi connectivity index (χ2n) is 5.13. The minimum atomic E-state index is -0.0691. The van der Waals surface area contributed by atoms with E-state index in [9.17, 15) is 9.59 Å². The Kier molecular flexibility index (Phi) is 2.28. The van der Waals surface area contributed by atoms with Gasteiger partial charge in [-0.25, -0.2) is 0 Å². The number of nitrogens with one attached hydrogen (secondary N) is 1. The fraction of sp³-hybridized carbons (Fsp3) is 0.583. The summed E-state index contributed by atoms with van der Waals surface area (Å²) < 4.78 is 0. The van der Waals surface area contributed by atoms with Crippen molar-refractivity contribution in [3.63, 3.8) is 0 Å². The van der Waals surface area contributed by atoms with Crippen molar-refractivity contribution in [1.29, 1.82) is 0 Å². The quantitative estimate of drug-likeness (QED) is 0.773. The van der Waals surface area contributed by atoms with Gasteiger partial charge in [0.1, 0.15) is 0 Å². The van der Waals surface area contributed by atoms with Crippen molar-refractivity contribution >= 4 is 11.8 Å². The fourth-order valence-electron chi connectivity index (χ4n) is 3.05. The Morgan fingerprint density at radius 2 is 2.00 bits per heavy atom. The number of likely N-dealkylation sites (tertiary alicyclic amines) is 1. The highest BCUT2D eigenvalue weighted by molar-refractivity contribution is 6.05. The average molecular weight is 233 g/mol. The molecule has 1 aromatic heterocycles. The van der Waals surface area contributed by atoms with Crippen molar-refractivity contribution in [1.82, 2.24) is 15.1 Å². The van der Waals surface area contributed by atoms with E-state index >= 15 is 0 Å².